The van der Waals surface area contributed by atoms with Gasteiger partial charge in [-0.1, -0.05) is 29.3 Å². The van der Waals surface area contributed by atoms with Gasteiger partial charge < -0.3 is 5.73 Å². The predicted octanol–water partition coefficient (Wildman–Crippen LogP) is 4.62. The number of hydrogen-bond donors (Lipinski definition) is 1. The third kappa shape index (κ3) is 4.47. The Balaban J connectivity index is 0.00000161. The highest BCUT2D eigenvalue weighted by Crippen LogP contribution is 2.32. The summed E-state index contributed by atoms with van der Waals surface area (Å²) in [4.78, 5) is 7.77. The van der Waals surface area contributed by atoms with Gasteiger partial charge in [-0.2, -0.15) is 0 Å². The third-order valence-corrected chi connectivity index (χ3v) is 4.91. The van der Waals surface area contributed by atoms with Crippen molar-refractivity contribution in [1.29, 1.82) is 0 Å². The number of nitrogens with two attached hydrogens (primary N) is 1. The standard InChI is InChI=1S/C14H15Cl2N3S.ClH/c15-12-4-1-9(5-13(12)16)7-19(10-2-3-10)8-11-6-18-14(17)20-11;/h1,4-6,10H,2-3,7-8H2,(H2,17,18);1H. The van der Waals surface area contributed by atoms with Crippen molar-refractivity contribution < 1.29 is 0 Å². The van der Waals surface area contributed by atoms with Crippen LogP contribution in [0.2, 0.25) is 10.0 Å². The quantitative estimate of drug-likeness (QED) is 0.842. The largest absolute Gasteiger partial charge is 0.375 e. The van der Waals surface area contributed by atoms with E-state index in [1.54, 1.807) is 11.3 Å². The van der Waals surface area contributed by atoms with Gasteiger partial charge in [0.05, 0.1) is 10.0 Å². The van der Waals surface area contributed by atoms with Gasteiger partial charge in [0.15, 0.2) is 5.13 Å². The van der Waals surface area contributed by atoms with Gasteiger partial charge in [0.25, 0.3) is 0 Å². The van der Waals surface area contributed by atoms with Crippen LogP contribution in [0.3, 0.4) is 0 Å². The van der Waals surface area contributed by atoms with E-state index in [1.807, 2.05) is 24.4 Å². The molecule has 0 unspecified atom stereocenters. The molecule has 2 aromatic rings. The second-order valence-corrected chi connectivity index (χ2v) is 7.01. The van der Waals surface area contributed by atoms with Crippen LogP contribution < -0.4 is 5.73 Å². The third-order valence-electron chi connectivity index (χ3n) is 3.36. The summed E-state index contributed by atoms with van der Waals surface area (Å²) >= 11 is 13.6. The van der Waals surface area contributed by atoms with Gasteiger partial charge in [-0.05, 0) is 30.5 Å². The monoisotopic (exact) mass is 363 g/mol. The maximum atomic E-state index is 6.08. The Labute approximate surface area is 144 Å². The molecular formula is C14H16Cl3N3S. The van der Waals surface area contributed by atoms with Gasteiger partial charge in [-0.15, -0.1) is 23.7 Å². The minimum absolute atomic E-state index is 0. The number of hydrogen-bond acceptors (Lipinski definition) is 4. The van der Waals surface area contributed by atoms with E-state index in [4.69, 9.17) is 28.9 Å². The van der Waals surface area contributed by atoms with Gasteiger partial charge in [-0.3, -0.25) is 4.90 Å². The molecule has 3 rings (SSSR count). The van der Waals surface area contributed by atoms with Gasteiger partial charge in [0.2, 0.25) is 0 Å². The number of benzene rings is 1. The van der Waals surface area contributed by atoms with Crippen molar-refractivity contribution in [2.24, 2.45) is 0 Å². The van der Waals surface area contributed by atoms with Crippen molar-refractivity contribution in [3.8, 4) is 0 Å². The Morgan fingerprint density at radius 2 is 2.00 bits per heavy atom. The molecule has 0 radical (unpaired) electrons. The minimum atomic E-state index is 0. The molecule has 1 aliphatic carbocycles. The van der Waals surface area contributed by atoms with Gasteiger partial charge in [-0.25, -0.2) is 4.98 Å². The second-order valence-electron chi connectivity index (χ2n) is 5.05. The first-order valence-electron chi connectivity index (χ1n) is 6.50. The summed E-state index contributed by atoms with van der Waals surface area (Å²) in [5.41, 5.74) is 6.88. The van der Waals surface area contributed by atoms with Crippen LogP contribution in [-0.4, -0.2) is 15.9 Å². The molecule has 0 spiro atoms. The molecule has 3 nitrogen and oxygen atoms in total. The summed E-state index contributed by atoms with van der Waals surface area (Å²) in [6.07, 6.45) is 4.38. The number of halogens is 3. The fraction of sp³-hybridized carbons (Fsp3) is 0.357. The molecule has 21 heavy (non-hydrogen) atoms. The summed E-state index contributed by atoms with van der Waals surface area (Å²) in [6.45, 7) is 1.76. The van der Waals surface area contributed by atoms with Crippen LogP contribution in [0.1, 0.15) is 23.3 Å². The lowest BCUT2D eigenvalue weighted by Crippen LogP contribution is -2.24. The Morgan fingerprint density at radius 3 is 2.57 bits per heavy atom. The lowest BCUT2D eigenvalue weighted by atomic mass is 10.2. The second kappa shape index (κ2) is 7.16. The van der Waals surface area contributed by atoms with Crippen LogP contribution in [0.4, 0.5) is 5.13 Å². The lowest BCUT2D eigenvalue weighted by Gasteiger charge is -2.21. The van der Waals surface area contributed by atoms with Crippen LogP contribution >= 0.6 is 46.9 Å². The zero-order valence-corrected chi connectivity index (χ0v) is 14.4. The molecule has 0 bridgehead atoms. The fourth-order valence-corrected chi connectivity index (χ4v) is 3.25. The number of aromatic nitrogens is 1. The number of thiazole rings is 1. The normalized spacial score (nSPS) is 14.2. The van der Waals surface area contributed by atoms with Gasteiger partial charge in [0, 0.05) is 30.2 Å². The first kappa shape index (κ1) is 16.8. The summed E-state index contributed by atoms with van der Waals surface area (Å²) in [7, 11) is 0. The lowest BCUT2D eigenvalue weighted by molar-refractivity contribution is 0.248. The topological polar surface area (TPSA) is 42.1 Å². The Hall–Kier alpha value is -0.520. The van der Waals surface area contributed by atoms with E-state index in [9.17, 15) is 0 Å². The molecule has 0 amide bonds. The molecule has 1 heterocycles. The average Bonchev–Trinajstić information content (AvgIpc) is 3.17. The van der Waals surface area contributed by atoms with Crippen LogP contribution in [0.15, 0.2) is 24.4 Å². The first-order chi connectivity index (χ1) is 9.61. The maximum Gasteiger partial charge on any atom is 0.180 e. The van der Waals surface area contributed by atoms with Crippen molar-refractivity contribution in [2.75, 3.05) is 5.73 Å². The molecular weight excluding hydrogens is 349 g/mol. The highest BCUT2D eigenvalue weighted by molar-refractivity contribution is 7.15. The van der Waals surface area contributed by atoms with Crippen molar-refractivity contribution in [1.82, 2.24) is 9.88 Å². The summed E-state index contributed by atoms with van der Waals surface area (Å²) < 4.78 is 0. The van der Waals surface area contributed by atoms with Crippen LogP contribution in [0.25, 0.3) is 0 Å². The van der Waals surface area contributed by atoms with Crippen molar-refractivity contribution in [3.05, 3.63) is 44.9 Å². The molecule has 1 fully saturated rings. The van der Waals surface area contributed by atoms with E-state index in [0.717, 1.165) is 13.1 Å². The van der Waals surface area contributed by atoms with Crippen LogP contribution in [0, 0.1) is 0 Å². The summed E-state index contributed by atoms with van der Waals surface area (Å²) in [5, 5.41) is 1.84. The molecule has 0 saturated heterocycles. The first-order valence-corrected chi connectivity index (χ1v) is 8.07. The molecule has 1 aromatic heterocycles. The highest BCUT2D eigenvalue weighted by atomic mass is 35.5. The fourth-order valence-electron chi connectivity index (χ4n) is 2.22. The predicted molar refractivity (Wildman–Crippen MR) is 92.5 cm³/mol. The Bertz CT molecular complexity index is 613. The van der Waals surface area contributed by atoms with E-state index in [-0.39, 0.29) is 12.4 Å². The summed E-state index contributed by atoms with van der Waals surface area (Å²) in [5.74, 6) is 0. The molecule has 114 valence electrons. The van der Waals surface area contributed by atoms with Crippen LogP contribution in [-0.2, 0) is 13.1 Å². The SMILES string of the molecule is Cl.Nc1ncc(CN(Cc2ccc(Cl)c(Cl)c2)C2CC2)s1. The number of anilines is 1. The van der Waals surface area contributed by atoms with E-state index >= 15 is 0 Å². The number of rotatable bonds is 5. The number of nitrogens with zero attached hydrogens (tertiary/aromatic N) is 2. The molecule has 0 atom stereocenters. The molecule has 1 aliphatic rings. The molecule has 1 aromatic carbocycles. The van der Waals surface area contributed by atoms with Gasteiger partial charge in [0.1, 0.15) is 0 Å². The van der Waals surface area contributed by atoms with Crippen molar-refractivity contribution >= 4 is 52.1 Å². The molecule has 2 N–H and O–H groups in total. The van der Waals surface area contributed by atoms with E-state index in [2.05, 4.69) is 9.88 Å². The van der Waals surface area contributed by atoms with E-state index in [0.29, 0.717) is 21.2 Å². The van der Waals surface area contributed by atoms with Crippen molar-refractivity contribution in [3.63, 3.8) is 0 Å². The molecule has 7 heteroatoms. The maximum absolute atomic E-state index is 6.08. The van der Waals surface area contributed by atoms with E-state index in [1.165, 1.54) is 23.3 Å². The zero-order valence-electron chi connectivity index (χ0n) is 11.3. The molecule has 1 saturated carbocycles. The zero-order chi connectivity index (χ0) is 14.1. The Kier molecular flexibility index (Phi) is 5.74. The van der Waals surface area contributed by atoms with Gasteiger partial charge >= 0.3 is 0 Å². The average molecular weight is 365 g/mol. The number of nitrogen functional groups attached to an aromatic ring is 1. The smallest absolute Gasteiger partial charge is 0.180 e. The Morgan fingerprint density at radius 1 is 1.24 bits per heavy atom. The van der Waals surface area contributed by atoms with Crippen molar-refractivity contribution in [2.45, 2.75) is 32.0 Å². The van der Waals surface area contributed by atoms with E-state index < -0.39 is 0 Å². The molecule has 0 aliphatic heterocycles. The van der Waals surface area contributed by atoms with Crippen LogP contribution in [0.5, 0.6) is 0 Å². The summed E-state index contributed by atoms with van der Waals surface area (Å²) in [6, 6.07) is 6.49. The minimum Gasteiger partial charge on any atom is -0.375 e. The highest BCUT2D eigenvalue weighted by Gasteiger charge is 2.29.